The molecule has 120 valence electrons. The summed E-state index contributed by atoms with van der Waals surface area (Å²) in [6.07, 6.45) is 0.647. The number of ether oxygens (including phenoxy) is 1. The minimum atomic E-state index is -0.483. The lowest BCUT2D eigenvalue weighted by Crippen LogP contribution is -2.35. The third kappa shape index (κ3) is 2.42. The van der Waals surface area contributed by atoms with Gasteiger partial charge in [0.1, 0.15) is 5.75 Å². The fraction of sp³-hybridized carbons (Fsp3) is 0.167. The first kappa shape index (κ1) is 14.4. The van der Waals surface area contributed by atoms with Crippen LogP contribution in [0.5, 0.6) is 5.75 Å². The van der Waals surface area contributed by atoms with Gasteiger partial charge in [-0.2, -0.15) is 5.10 Å². The van der Waals surface area contributed by atoms with E-state index in [1.54, 1.807) is 24.3 Å². The number of para-hydroxylation sites is 2. The minimum Gasteiger partial charge on any atom is -0.493 e. The highest BCUT2D eigenvalue weighted by atomic mass is 16.5. The van der Waals surface area contributed by atoms with E-state index in [9.17, 15) is 9.59 Å². The number of fused-ring (bicyclic) bond motifs is 2. The molecule has 2 aromatic carbocycles. The van der Waals surface area contributed by atoms with Gasteiger partial charge >= 0.3 is 0 Å². The summed E-state index contributed by atoms with van der Waals surface area (Å²) in [6, 6.07) is 14.4. The number of H-pyrrole nitrogens is 1. The highest BCUT2D eigenvalue weighted by molar-refractivity contribution is 5.95. The van der Waals surface area contributed by atoms with Crippen molar-refractivity contribution < 1.29 is 9.53 Å². The van der Waals surface area contributed by atoms with Crippen LogP contribution in [0.3, 0.4) is 0 Å². The second-order valence-electron chi connectivity index (χ2n) is 5.65. The van der Waals surface area contributed by atoms with Crippen molar-refractivity contribution in [2.24, 2.45) is 0 Å². The molecule has 0 bridgehead atoms. The summed E-state index contributed by atoms with van der Waals surface area (Å²) in [6.45, 7) is 0.517. The monoisotopic (exact) mass is 321 g/mol. The highest BCUT2D eigenvalue weighted by Crippen LogP contribution is 2.31. The number of rotatable bonds is 2. The molecule has 1 unspecified atom stereocenters. The van der Waals surface area contributed by atoms with Crippen LogP contribution in [0.15, 0.2) is 53.3 Å². The van der Waals surface area contributed by atoms with Gasteiger partial charge in [-0.05, 0) is 18.2 Å². The topological polar surface area (TPSA) is 84.1 Å². The summed E-state index contributed by atoms with van der Waals surface area (Å²) in [5.41, 5.74) is 1.02. The van der Waals surface area contributed by atoms with E-state index in [0.29, 0.717) is 23.9 Å². The van der Waals surface area contributed by atoms with Crippen LogP contribution in [0.2, 0.25) is 0 Å². The maximum absolute atomic E-state index is 12.6. The molecule has 2 heterocycles. The molecule has 4 rings (SSSR count). The highest BCUT2D eigenvalue weighted by Gasteiger charge is 2.25. The van der Waals surface area contributed by atoms with Crippen molar-refractivity contribution >= 4 is 16.8 Å². The maximum Gasteiger partial charge on any atom is 0.276 e. The molecule has 0 saturated carbocycles. The molecule has 0 radical (unpaired) electrons. The molecule has 24 heavy (non-hydrogen) atoms. The largest absolute Gasteiger partial charge is 0.493 e. The van der Waals surface area contributed by atoms with Crippen LogP contribution in [-0.4, -0.2) is 22.7 Å². The standard InChI is InChI=1S/C18H15N3O3/c22-17-12-6-1-3-7-14(12)20-21-16(17)18(23)19-13-9-10-24-15-8-4-2-5-11(13)15/h1-8,13H,9-10H2,(H,19,23)(H,20,22). The van der Waals surface area contributed by atoms with E-state index >= 15 is 0 Å². The lowest BCUT2D eigenvalue weighted by atomic mass is 10.0. The van der Waals surface area contributed by atoms with Crippen LogP contribution >= 0.6 is 0 Å². The number of amides is 1. The van der Waals surface area contributed by atoms with Gasteiger partial charge in [0.2, 0.25) is 5.43 Å². The smallest absolute Gasteiger partial charge is 0.276 e. The van der Waals surface area contributed by atoms with E-state index in [1.165, 1.54) is 0 Å². The number of carbonyl (C=O) groups excluding carboxylic acids is 1. The predicted molar refractivity (Wildman–Crippen MR) is 89.1 cm³/mol. The van der Waals surface area contributed by atoms with Gasteiger partial charge in [-0.25, -0.2) is 0 Å². The Balaban J connectivity index is 1.66. The third-order valence-electron chi connectivity index (χ3n) is 4.15. The van der Waals surface area contributed by atoms with Crippen molar-refractivity contribution in [3.63, 3.8) is 0 Å². The fourth-order valence-corrected chi connectivity index (χ4v) is 2.95. The SMILES string of the molecule is O=C(NC1CCOc2ccccc21)c1n[nH]c2ccccc2c1=O. The van der Waals surface area contributed by atoms with Gasteiger partial charge in [0.15, 0.2) is 5.69 Å². The van der Waals surface area contributed by atoms with Gasteiger partial charge in [-0.15, -0.1) is 0 Å². The van der Waals surface area contributed by atoms with E-state index in [0.717, 1.165) is 11.3 Å². The van der Waals surface area contributed by atoms with Crippen LogP contribution in [0.4, 0.5) is 0 Å². The molecule has 1 atom stereocenters. The van der Waals surface area contributed by atoms with Crippen molar-refractivity contribution in [3.8, 4) is 5.75 Å². The summed E-state index contributed by atoms with van der Waals surface area (Å²) in [5, 5.41) is 10.1. The molecule has 0 saturated heterocycles. The Morgan fingerprint density at radius 1 is 1.17 bits per heavy atom. The van der Waals surface area contributed by atoms with Crippen molar-refractivity contribution in [1.82, 2.24) is 15.5 Å². The summed E-state index contributed by atoms with van der Waals surface area (Å²) >= 11 is 0. The number of nitrogens with zero attached hydrogens (tertiary/aromatic N) is 1. The van der Waals surface area contributed by atoms with Crippen LogP contribution in [0.25, 0.3) is 10.9 Å². The Morgan fingerprint density at radius 3 is 2.88 bits per heavy atom. The summed E-state index contributed by atoms with van der Waals surface area (Å²) in [5.74, 6) is 0.276. The van der Waals surface area contributed by atoms with Crippen LogP contribution < -0.4 is 15.5 Å². The Hall–Kier alpha value is -3.15. The maximum atomic E-state index is 12.6. The molecule has 6 heteroatoms. The zero-order chi connectivity index (χ0) is 16.5. The number of nitrogens with one attached hydrogen (secondary N) is 2. The zero-order valence-electron chi connectivity index (χ0n) is 12.8. The second kappa shape index (κ2) is 5.81. The molecule has 1 aromatic heterocycles. The Kier molecular flexibility index (Phi) is 3.49. The quantitative estimate of drug-likeness (QED) is 0.758. The molecule has 0 fully saturated rings. The average molecular weight is 321 g/mol. The third-order valence-corrected chi connectivity index (χ3v) is 4.15. The van der Waals surface area contributed by atoms with Crippen molar-refractivity contribution in [1.29, 1.82) is 0 Å². The number of aromatic amines is 1. The molecule has 1 amide bonds. The molecule has 0 spiro atoms. The average Bonchev–Trinajstić information content (AvgIpc) is 2.62. The van der Waals surface area contributed by atoms with Gasteiger partial charge < -0.3 is 10.1 Å². The van der Waals surface area contributed by atoms with Gasteiger partial charge in [0.05, 0.1) is 18.2 Å². The molecule has 0 aliphatic carbocycles. The number of hydrogen-bond donors (Lipinski definition) is 2. The van der Waals surface area contributed by atoms with Gasteiger partial charge in [-0.3, -0.25) is 14.7 Å². The fourth-order valence-electron chi connectivity index (χ4n) is 2.95. The molecule has 6 nitrogen and oxygen atoms in total. The van der Waals surface area contributed by atoms with Crippen LogP contribution in [0.1, 0.15) is 28.5 Å². The van der Waals surface area contributed by atoms with Gasteiger partial charge in [-0.1, -0.05) is 30.3 Å². The lowest BCUT2D eigenvalue weighted by molar-refractivity contribution is 0.0918. The van der Waals surface area contributed by atoms with Crippen molar-refractivity contribution in [2.75, 3.05) is 6.61 Å². The Bertz CT molecular complexity index is 980. The van der Waals surface area contributed by atoms with E-state index in [1.807, 2.05) is 24.3 Å². The van der Waals surface area contributed by atoms with Crippen LogP contribution in [-0.2, 0) is 0 Å². The lowest BCUT2D eigenvalue weighted by Gasteiger charge is -2.26. The molecule has 1 aliphatic heterocycles. The zero-order valence-corrected chi connectivity index (χ0v) is 12.8. The molecule has 1 aliphatic rings. The number of carbonyl (C=O) groups is 1. The Morgan fingerprint density at radius 2 is 1.96 bits per heavy atom. The van der Waals surface area contributed by atoms with Gasteiger partial charge in [0.25, 0.3) is 5.91 Å². The predicted octanol–water partition coefficient (Wildman–Crippen LogP) is 2.18. The number of benzene rings is 2. The molecular weight excluding hydrogens is 306 g/mol. The molecule has 2 N–H and O–H groups in total. The van der Waals surface area contributed by atoms with E-state index < -0.39 is 5.91 Å². The molecule has 3 aromatic rings. The summed E-state index contributed by atoms with van der Waals surface area (Å²) in [7, 11) is 0. The van der Waals surface area contributed by atoms with E-state index in [-0.39, 0.29) is 17.2 Å². The normalized spacial score (nSPS) is 16.2. The van der Waals surface area contributed by atoms with Crippen LogP contribution in [0, 0.1) is 0 Å². The van der Waals surface area contributed by atoms with E-state index in [4.69, 9.17) is 4.74 Å². The number of hydrogen-bond acceptors (Lipinski definition) is 4. The van der Waals surface area contributed by atoms with Crippen molar-refractivity contribution in [2.45, 2.75) is 12.5 Å². The first-order chi connectivity index (χ1) is 11.7. The first-order valence-electron chi connectivity index (χ1n) is 7.74. The summed E-state index contributed by atoms with van der Waals surface area (Å²) < 4.78 is 5.59. The first-order valence-corrected chi connectivity index (χ1v) is 7.74. The Labute approximate surface area is 137 Å². The molecular formula is C18H15N3O3. The number of aromatic nitrogens is 2. The van der Waals surface area contributed by atoms with E-state index in [2.05, 4.69) is 15.5 Å². The second-order valence-corrected chi connectivity index (χ2v) is 5.65. The van der Waals surface area contributed by atoms with Gasteiger partial charge in [0, 0.05) is 17.4 Å². The van der Waals surface area contributed by atoms with Crippen molar-refractivity contribution in [3.05, 3.63) is 70.0 Å². The summed E-state index contributed by atoms with van der Waals surface area (Å²) in [4.78, 5) is 25.0. The minimum absolute atomic E-state index is 0.127.